The Morgan fingerprint density at radius 2 is 1.71 bits per heavy atom. The number of benzene rings is 1. The molecule has 0 spiro atoms. The Morgan fingerprint density at radius 1 is 1.06 bits per heavy atom. The Kier molecular flexibility index (Phi) is 4.90. The molecule has 2 nitrogen and oxygen atoms in total. The molecule has 0 saturated carbocycles. The van der Waals surface area contributed by atoms with E-state index in [4.69, 9.17) is 9.47 Å². The van der Waals surface area contributed by atoms with E-state index in [1.165, 1.54) is 5.56 Å². The summed E-state index contributed by atoms with van der Waals surface area (Å²) in [5, 5.41) is 0. The quantitative estimate of drug-likeness (QED) is 0.740. The third kappa shape index (κ3) is 3.17. The molecule has 0 amide bonds. The van der Waals surface area contributed by atoms with Gasteiger partial charge in [0.05, 0.1) is 14.2 Å². The highest BCUT2D eigenvalue weighted by Crippen LogP contribution is 2.32. The van der Waals surface area contributed by atoms with Gasteiger partial charge in [-0.3, -0.25) is 0 Å². The zero-order chi connectivity index (χ0) is 12.8. The van der Waals surface area contributed by atoms with E-state index in [-0.39, 0.29) is 0 Å². The van der Waals surface area contributed by atoms with Crippen LogP contribution >= 0.6 is 0 Å². The molecule has 2 atom stereocenters. The number of methoxy groups -OCH3 is 2. The lowest BCUT2D eigenvalue weighted by atomic mass is 9.89. The molecule has 0 aliphatic carbocycles. The molecule has 0 aromatic heterocycles. The molecule has 92 valence electrons. The van der Waals surface area contributed by atoms with Crippen molar-refractivity contribution in [2.75, 3.05) is 14.2 Å². The van der Waals surface area contributed by atoms with E-state index in [1.54, 1.807) is 14.2 Å². The van der Waals surface area contributed by atoms with Crippen molar-refractivity contribution >= 4 is 0 Å². The van der Waals surface area contributed by atoms with Crippen LogP contribution in [-0.4, -0.2) is 14.2 Å². The summed E-state index contributed by atoms with van der Waals surface area (Å²) in [7, 11) is 3.30. The largest absolute Gasteiger partial charge is 0.493 e. The van der Waals surface area contributed by atoms with Crippen LogP contribution in [0.15, 0.2) is 18.2 Å². The van der Waals surface area contributed by atoms with Gasteiger partial charge in [-0.2, -0.15) is 0 Å². The summed E-state index contributed by atoms with van der Waals surface area (Å²) in [6.45, 7) is 6.19. The zero-order valence-corrected chi connectivity index (χ0v) is 11.2. The van der Waals surface area contributed by atoms with Crippen molar-refractivity contribution in [3.8, 4) is 23.3 Å². The lowest BCUT2D eigenvalue weighted by Gasteiger charge is -2.17. The molecule has 0 bridgehead atoms. The standard InChI is InChI=1S/C15H20O2/c1-6-7-11(2)12(3)13-8-9-14(16-4)15(10-13)17-5/h8-12H,1-5H3. The van der Waals surface area contributed by atoms with Crippen LogP contribution in [0.3, 0.4) is 0 Å². The van der Waals surface area contributed by atoms with Crippen LogP contribution in [0.5, 0.6) is 11.5 Å². The summed E-state index contributed by atoms with van der Waals surface area (Å²) in [6.07, 6.45) is 0. The summed E-state index contributed by atoms with van der Waals surface area (Å²) >= 11 is 0. The predicted molar refractivity (Wildman–Crippen MR) is 70.6 cm³/mol. The Labute approximate surface area is 104 Å². The van der Waals surface area contributed by atoms with Gasteiger partial charge in [0.2, 0.25) is 0 Å². The van der Waals surface area contributed by atoms with Crippen molar-refractivity contribution < 1.29 is 9.47 Å². The topological polar surface area (TPSA) is 18.5 Å². The summed E-state index contributed by atoms with van der Waals surface area (Å²) in [4.78, 5) is 0. The second kappa shape index (κ2) is 6.20. The number of hydrogen-bond donors (Lipinski definition) is 0. The molecular weight excluding hydrogens is 212 g/mol. The van der Waals surface area contributed by atoms with Crippen LogP contribution in [0.25, 0.3) is 0 Å². The average Bonchev–Trinajstić information content (AvgIpc) is 2.37. The van der Waals surface area contributed by atoms with Gasteiger partial charge in [-0.15, -0.1) is 5.92 Å². The summed E-state index contributed by atoms with van der Waals surface area (Å²) < 4.78 is 10.5. The molecule has 17 heavy (non-hydrogen) atoms. The van der Waals surface area contributed by atoms with Gasteiger partial charge in [0.1, 0.15) is 0 Å². The Bertz CT molecular complexity index is 426. The highest BCUT2D eigenvalue weighted by Gasteiger charge is 2.14. The first-order chi connectivity index (χ1) is 8.13. The van der Waals surface area contributed by atoms with E-state index in [9.17, 15) is 0 Å². The SMILES string of the molecule is CC#CC(C)C(C)c1ccc(OC)c(OC)c1. The van der Waals surface area contributed by atoms with Crippen molar-refractivity contribution in [3.05, 3.63) is 23.8 Å². The summed E-state index contributed by atoms with van der Waals surface area (Å²) in [5.74, 6) is 8.39. The predicted octanol–water partition coefficient (Wildman–Crippen LogP) is 3.47. The van der Waals surface area contributed by atoms with Crippen LogP contribution in [0.4, 0.5) is 0 Å². The third-order valence-electron chi connectivity index (χ3n) is 3.06. The van der Waals surface area contributed by atoms with E-state index in [1.807, 2.05) is 19.1 Å². The highest BCUT2D eigenvalue weighted by atomic mass is 16.5. The van der Waals surface area contributed by atoms with E-state index in [2.05, 4.69) is 31.8 Å². The van der Waals surface area contributed by atoms with Gasteiger partial charge in [-0.25, -0.2) is 0 Å². The molecule has 2 heteroatoms. The second-order valence-electron chi connectivity index (χ2n) is 4.09. The van der Waals surface area contributed by atoms with Gasteiger partial charge in [0.25, 0.3) is 0 Å². The van der Waals surface area contributed by atoms with Crippen molar-refractivity contribution in [2.24, 2.45) is 5.92 Å². The molecule has 0 aliphatic rings. The fourth-order valence-corrected chi connectivity index (χ4v) is 1.78. The molecular formula is C15H20O2. The third-order valence-corrected chi connectivity index (χ3v) is 3.06. The Morgan fingerprint density at radius 3 is 2.24 bits per heavy atom. The van der Waals surface area contributed by atoms with E-state index in [0.29, 0.717) is 11.8 Å². The van der Waals surface area contributed by atoms with Gasteiger partial charge in [-0.05, 0) is 30.5 Å². The van der Waals surface area contributed by atoms with Crippen molar-refractivity contribution in [3.63, 3.8) is 0 Å². The number of hydrogen-bond acceptors (Lipinski definition) is 2. The van der Waals surface area contributed by atoms with Crippen molar-refractivity contribution in [1.29, 1.82) is 0 Å². The molecule has 0 heterocycles. The second-order valence-corrected chi connectivity index (χ2v) is 4.09. The Hall–Kier alpha value is -1.62. The molecule has 0 fully saturated rings. The Balaban J connectivity index is 3.01. The maximum atomic E-state index is 5.31. The zero-order valence-electron chi connectivity index (χ0n) is 11.2. The fourth-order valence-electron chi connectivity index (χ4n) is 1.78. The summed E-state index contributed by atoms with van der Waals surface area (Å²) in [6, 6.07) is 6.04. The van der Waals surface area contributed by atoms with Gasteiger partial charge in [-0.1, -0.05) is 25.8 Å². The van der Waals surface area contributed by atoms with Crippen LogP contribution in [0.1, 0.15) is 32.3 Å². The minimum absolute atomic E-state index is 0.332. The molecule has 0 N–H and O–H groups in total. The molecule has 1 aromatic rings. The van der Waals surface area contributed by atoms with Crippen LogP contribution in [-0.2, 0) is 0 Å². The van der Waals surface area contributed by atoms with Crippen molar-refractivity contribution in [1.82, 2.24) is 0 Å². The minimum Gasteiger partial charge on any atom is -0.493 e. The lowest BCUT2D eigenvalue weighted by Crippen LogP contribution is -2.04. The van der Waals surface area contributed by atoms with Gasteiger partial charge in [0.15, 0.2) is 11.5 Å². The van der Waals surface area contributed by atoms with E-state index >= 15 is 0 Å². The number of ether oxygens (including phenoxy) is 2. The first kappa shape index (κ1) is 13.4. The van der Waals surface area contributed by atoms with Crippen LogP contribution in [0, 0.1) is 17.8 Å². The van der Waals surface area contributed by atoms with E-state index in [0.717, 1.165) is 11.5 Å². The average molecular weight is 232 g/mol. The molecule has 0 radical (unpaired) electrons. The normalized spacial score (nSPS) is 13.2. The molecule has 1 aromatic carbocycles. The van der Waals surface area contributed by atoms with Gasteiger partial charge >= 0.3 is 0 Å². The van der Waals surface area contributed by atoms with E-state index < -0.39 is 0 Å². The molecule has 0 aliphatic heterocycles. The lowest BCUT2D eigenvalue weighted by molar-refractivity contribution is 0.354. The van der Waals surface area contributed by atoms with Gasteiger partial charge < -0.3 is 9.47 Å². The van der Waals surface area contributed by atoms with Gasteiger partial charge in [0, 0.05) is 5.92 Å². The van der Waals surface area contributed by atoms with Crippen molar-refractivity contribution in [2.45, 2.75) is 26.7 Å². The smallest absolute Gasteiger partial charge is 0.160 e. The monoisotopic (exact) mass is 232 g/mol. The molecule has 2 unspecified atom stereocenters. The first-order valence-electron chi connectivity index (χ1n) is 5.78. The minimum atomic E-state index is 0.332. The first-order valence-corrected chi connectivity index (χ1v) is 5.78. The summed E-state index contributed by atoms with van der Waals surface area (Å²) in [5.41, 5.74) is 1.22. The maximum Gasteiger partial charge on any atom is 0.160 e. The highest BCUT2D eigenvalue weighted by molar-refractivity contribution is 5.44. The maximum absolute atomic E-state index is 5.31. The molecule has 1 rings (SSSR count). The molecule has 0 saturated heterocycles. The fraction of sp³-hybridized carbons (Fsp3) is 0.467. The number of rotatable bonds is 4. The van der Waals surface area contributed by atoms with Crippen LogP contribution < -0.4 is 9.47 Å². The van der Waals surface area contributed by atoms with Crippen LogP contribution in [0.2, 0.25) is 0 Å².